The Hall–Kier alpha value is -0.570. The maximum absolute atomic E-state index is 6.38. The molecule has 0 aliphatic heterocycles. The Balaban J connectivity index is 1.88. The van der Waals surface area contributed by atoms with Crippen molar-refractivity contribution in [2.24, 2.45) is 0 Å². The van der Waals surface area contributed by atoms with Gasteiger partial charge in [-0.2, -0.15) is 0 Å². The van der Waals surface area contributed by atoms with Gasteiger partial charge in [0.2, 0.25) is 0 Å². The summed E-state index contributed by atoms with van der Waals surface area (Å²) in [5.74, 6) is 0. The minimum Gasteiger partial charge on any atom is -0.377 e. The van der Waals surface area contributed by atoms with Gasteiger partial charge in [-0.3, -0.25) is 0 Å². The maximum atomic E-state index is 6.38. The molecule has 3 heteroatoms. The summed E-state index contributed by atoms with van der Waals surface area (Å²) in [6.45, 7) is 5.69. The van der Waals surface area contributed by atoms with Crippen molar-refractivity contribution in [2.75, 3.05) is 13.2 Å². The van der Waals surface area contributed by atoms with Gasteiger partial charge < -0.3 is 10.1 Å². The molecule has 0 bridgehead atoms. The van der Waals surface area contributed by atoms with Crippen LogP contribution >= 0.6 is 11.6 Å². The number of rotatable bonds is 5. The summed E-state index contributed by atoms with van der Waals surface area (Å²) in [6, 6.07) is 8.75. The number of nitrogens with one attached hydrogen (secondary N) is 1. The zero-order valence-corrected chi connectivity index (χ0v) is 11.2. The third kappa shape index (κ3) is 3.21. The monoisotopic (exact) mass is 253 g/mol. The maximum Gasteiger partial charge on any atom is 0.0594 e. The van der Waals surface area contributed by atoms with Gasteiger partial charge in [0.25, 0.3) is 0 Å². The molecule has 1 N–H and O–H groups in total. The lowest BCUT2D eigenvalue weighted by atomic mass is 10.1. The lowest BCUT2D eigenvalue weighted by Gasteiger charge is -2.18. The number of halogens is 1. The van der Waals surface area contributed by atoms with Crippen molar-refractivity contribution in [3.8, 4) is 0 Å². The molecule has 0 heterocycles. The number of benzene rings is 1. The molecular weight excluding hydrogens is 234 g/mol. The lowest BCUT2D eigenvalue weighted by molar-refractivity contribution is 0.0794. The average molecular weight is 254 g/mol. The van der Waals surface area contributed by atoms with E-state index in [0.29, 0.717) is 6.10 Å². The van der Waals surface area contributed by atoms with Crippen molar-refractivity contribution >= 4 is 11.6 Å². The molecule has 0 amide bonds. The van der Waals surface area contributed by atoms with Crippen LogP contribution in [0.4, 0.5) is 0 Å². The molecule has 0 radical (unpaired) electrons. The normalized spacial score (nSPS) is 23.1. The quantitative estimate of drug-likeness (QED) is 0.644. The van der Waals surface area contributed by atoms with Crippen molar-refractivity contribution in [3.05, 3.63) is 35.4 Å². The summed E-state index contributed by atoms with van der Waals surface area (Å²) in [6.07, 6.45) is 1.25. The summed E-state index contributed by atoms with van der Waals surface area (Å²) in [5, 5.41) is 3.64. The van der Waals surface area contributed by atoms with Gasteiger partial charge in [-0.05, 0) is 31.4 Å². The highest BCUT2D eigenvalue weighted by atomic mass is 35.5. The third-order valence-corrected chi connectivity index (χ3v) is 3.49. The van der Waals surface area contributed by atoms with E-state index in [0.717, 1.165) is 19.6 Å². The van der Waals surface area contributed by atoms with E-state index in [9.17, 15) is 0 Å². The molecule has 0 fully saturated rings. The highest BCUT2D eigenvalue weighted by Crippen LogP contribution is 2.34. The van der Waals surface area contributed by atoms with E-state index in [-0.39, 0.29) is 11.4 Å². The molecule has 17 heavy (non-hydrogen) atoms. The molecule has 2 unspecified atom stereocenters. The second-order valence-corrected chi connectivity index (χ2v) is 5.33. The van der Waals surface area contributed by atoms with Crippen molar-refractivity contribution in [1.82, 2.24) is 5.32 Å². The first-order valence-corrected chi connectivity index (χ1v) is 6.69. The van der Waals surface area contributed by atoms with E-state index in [4.69, 9.17) is 16.3 Å². The Bertz CT molecular complexity index is 367. The summed E-state index contributed by atoms with van der Waals surface area (Å²) in [5.41, 5.74) is 2.71. The molecule has 94 valence electrons. The predicted molar refractivity (Wildman–Crippen MR) is 71.6 cm³/mol. The molecule has 0 saturated heterocycles. The number of fused-ring (bicyclic) bond motifs is 1. The van der Waals surface area contributed by atoms with Crippen LogP contribution in [0.3, 0.4) is 0 Å². The van der Waals surface area contributed by atoms with E-state index in [1.54, 1.807) is 0 Å². The standard InChI is InChI=1S/C14H20ClNO/c1-10(2)17-8-7-16-14-12-6-4-3-5-11(12)9-13(14)15/h3-6,10,13-14,16H,7-9H2,1-2H3. The summed E-state index contributed by atoms with van der Waals surface area (Å²) in [7, 11) is 0. The van der Waals surface area contributed by atoms with Crippen molar-refractivity contribution in [3.63, 3.8) is 0 Å². The fraction of sp³-hybridized carbons (Fsp3) is 0.571. The first kappa shape index (κ1) is 12.9. The van der Waals surface area contributed by atoms with Crippen LogP contribution in [0.25, 0.3) is 0 Å². The fourth-order valence-electron chi connectivity index (χ4n) is 2.29. The summed E-state index contributed by atoms with van der Waals surface area (Å²) in [4.78, 5) is 0. The second kappa shape index (κ2) is 5.85. The van der Waals surface area contributed by atoms with Crippen LogP contribution in [0.5, 0.6) is 0 Å². The topological polar surface area (TPSA) is 21.3 Å². The first-order chi connectivity index (χ1) is 8.18. The molecule has 1 aliphatic carbocycles. The van der Waals surface area contributed by atoms with E-state index < -0.39 is 0 Å². The Labute approximate surface area is 108 Å². The molecular formula is C14H20ClNO. The minimum absolute atomic E-state index is 0.159. The van der Waals surface area contributed by atoms with E-state index in [1.165, 1.54) is 11.1 Å². The fourth-order valence-corrected chi connectivity index (χ4v) is 2.68. The van der Waals surface area contributed by atoms with Crippen LogP contribution in [0.2, 0.25) is 0 Å². The van der Waals surface area contributed by atoms with Crippen molar-refractivity contribution in [2.45, 2.75) is 37.8 Å². The van der Waals surface area contributed by atoms with Gasteiger partial charge in [0.1, 0.15) is 0 Å². The second-order valence-electron chi connectivity index (χ2n) is 4.77. The number of alkyl halides is 1. The number of hydrogen-bond donors (Lipinski definition) is 1. The smallest absolute Gasteiger partial charge is 0.0594 e. The molecule has 1 aliphatic rings. The Kier molecular flexibility index (Phi) is 4.43. The molecule has 1 aromatic rings. The van der Waals surface area contributed by atoms with Crippen LogP contribution < -0.4 is 5.32 Å². The van der Waals surface area contributed by atoms with Gasteiger partial charge in [-0.25, -0.2) is 0 Å². The Morgan fingerprint density at radius 3 is 2.94 bits per heavy atom. The van der Waals surface area contributed by atoms with Crippen molar-refractivity contribution < 1.29 is 4.74 Å². The van der Waals surface area contributed by atoms with Gasteiger partial charge >= 0.3 is 0 Å². The van der Waals surface area contributed by atoms with Crippen LogP contribution in [0.1, 0.15) is 31.0 Å². The van der Waals surface area contributed by atoms with Gasteiger partial charge in [0, 0.05) is 12.6 Å². The van der Waals surface area contributed by atoms with Gasteiger partial charge in [-0.1, -0.05) is 24.3 Å². The Morgan fingerprint density at radius 2 is 2.18 bits per heavy atom. The third-order valence-electron chi connectivity index (χ3n) is 3.08. The zero-order chi connectivity index (χ0) is 12.3. The molecule has 0 aromatic heterocycles. The lowest BCUT2D eigenvalue weighted by Crippen LogP contribution is -2.29. The van der Waals surface area contributed by atoms with E-state index in [1.807, 2.05) is 0 Å². The SMILES string of the molecule is CC(C)OCCNC1c2ccccc2CC1Cl. The molecule has 0 saturated carbocycles. The van der Waals surface area contributed by atoms with Crippen molar-refractivity contribution in [1.29, 1.82) is 0 Å². The number of ether oxygens (including phenoxy) is 1. The minimum atomic E-state index is 0.159. The average Bonchev–Trinajstić information content (AvgIpc) is 2.60. The predicted octanol–water partition coefficient (Wildman–Crippen LogP) is 2.91. The van der Waals surface area contributed by atoms with Gasteiger partial charge in [0.05, 0.1) is 18.1 Å². The van der Waals surface area contributed by atoms with E-state index >= 15 is 0 Å². The molecule has 2 rings (SSSR count). The highest BCUT2D eigenvalue weighted by Gasteiger charge is 2.29. The molecule has 1 aromatic carbocycles. The van der Waals surface area contributed by atoms with E-state index in [2.05, 4.69) is 43.4 Å². The van der Waals surface area contributed by atoms with Crippen LogP contribution in [-0.4, -0.2) is 24.6 Å². The molecule has 2 nitrogen and oxygen atoms in total. The van der Waals surface area contributed by atoms with Crippen LogP contribution in [-0.2, 0) is 11.2 Å². The summed E-state index contributed by atoms with van der Waals surface area (Å²) < 4.78 is 5.52. The van der Waals surface area contributed by atoms with Crippen LogP contribution in [0.15, 0.2) is 24.3 Å². The molecule has 0 spiro atoms. The van der Waals surface area contributed by atoms with Gasteiger partial charge in [-0.15, -0.1) is 11.6 Å². The Morgan fingerprint density at radius 1 is 1.41 bits per heavy atom. The van der Waals surface area contributed by atoms with Gasteiger partial charge in [0.15, 0.2) is 0 Å². The highest BCUT2D eigenvalue weighted by molar-refractivity contribution is 6.21. The summed E-state index contributed by atoms with van der Waals surface area (Å²) >= 11 is 6.38. The molecule has 2 atom stereocenters. The largest absolute Gasteiger partial charge is 0.377 e. The zero-order valence-electron chi connectivity index (χ0n) is 10.4. The number of hydrogen-bond acceptors (Lipinski definition) is 2. The van der Waals surface area contributed by atoms with Crippen LogP contribution in [0, 0.1) is 0 Å². The first-order valence-electron chi connectivity index (χ1n) is 6.25.